The van der Waals surface area contributed by atoms with E-state index in [0.717, 1.165) is 11.8 Å². The van der Waals surface area contributed by atoms with E-state index >= 15 is 0 Å². The van der Waals surface area contributed by atoms with Crippen LogP contribution in [0.3, 0.4) is 0 Å². The molecule has 10 heteroatoms. The van der Waals surface area contributed by atoms with Crippen LogP contribution in [0, 0.1) is 11.6 Å². The summed E-state index contributed by atoms with van der Waals surface area (Å²) in [7, 11) is 0. The molecule has 0 aromatic heterocycles. The monoisotopic (exact) mass is 544 g/mol. The molecular weight excluding hydrogens is 524 g/mol. The average molecular weight is 545 g/mol. The number of halogens is 5. The van der Waals surface area contributed by atoms with Crippen LogP contribution >= 0.6 is 35.0 Å². The van der Waals surface area contributed by atoms with Crippen molar-refractivity contribution in [1.29, 1.82) is 0 Å². The summed E-state index contributed by atoms with van der Waals surface area (Å²) in [5.41, 5.74) is 1.86. The van der Waals surface area contributed by atoms with E-state index < -0.39 is 48.3 Å². The Balaban J connectivity index is 2.01. The maximum absolute atomic E-state index is 14.4. The van der Waals surface area contributed by atoms with Crippen molar-refractivity contribution in [3.63, 3.8) is 0 Å². The zero-order valence-corrected chi connectivity index (χ0v) is 20.4. The largest absolute Gasteiger partial charge is 0.481 e. The lowest BCUT2D eigenvalue weighted by Crippen LogP contribution is -2.36. The Hall–Kier alpha value is -2.23. The van der Waals surface area contributed by atoms with Gasteiger partial charge in [-0.25, -0.2) is 13.2 Å². The summed E-state index contributed by atoms with van der Waals surface area (Å²) < 4.78 is 41.6. The molecule has 3 aromatic rings. The third-order valence-corrected chi connectivity index (χ3v) is 7.15. The van der Waals surface area contributed by atoms with Crippen molar-refractivity contribution in [2.24, 2.45) is 0 Å². The van der Waals surface area contributed by atoms with Crippen molar-refractivity contribution in [3.05, 3.63) is 99.0 Å². The fraction of sp³-hybridized carbons (Fsp3) is 0.240. The van der Waals surface area contributed by atoms with Crippen molar-refractivity contribution in [2.45, 2.75) is 35.6 Å². The van der Waals surface area contributed by atoms with Crippen molar-refractivity contribution >= 4 is 40.9 Å². The van der Waals surface area contributed by atoms with E-state index in [1.165, 1.54) is 30.3 Å². The third kappa shape index (κ3) is 7.15. The van der Waals surface area contributed by atoms with E-state index in [0.29, 0.717) is 26.6 Å². The predicted molar refractivity (Wildman–Crippen MR) is 130 cm³/mol. The first-order valence-electron chi connectivity index (χ1n) is 10.4. The van der Waals surface area contributed by atoms with E-state index in [1.54, 1.807) is 30.3 Å². The van der Waals surface area contributed by atoms with Crippen molar-refractivity contribution in [1.82, 2.24) is 0 Å². The van der Waals surface area contributed by atoms with Crippen molar-refractivity contribution in [2.75, 3.05) is 5.75 Å². The van der Waals surface area contributed by atoms with Gasteiger partial charge in [0, 0.05) is 21.6 Å². The Bertz CT molecular complexity index is 1120. The van der Waals surface area contributed by atoms with Crippen LogP contribution in [0.15, 0.2) is 65.6 Å². The molecule has 0 radical (unpaired) electrons. The first-order chi connectivity index (χ1) is 16.6. The van der Waals surface area contributed by atoms with Crippen molar-refractivity contribution in [3.8, 4) is 0 Å². The van der Waals surface area contributed by atoms with E-state index in [9.17, 15) is 28.2 Å². The van der Waals surface area contributed by atoms with Crippen LogP contribution in [0.25, 0.3) is 0 Å². The van der Waals surface area contributed by atoms with Gasteiger partial charge in [0.25, 0.3) is 0 Å². The molecule has 3 N–H and O–H groups in total. The zero-order valence-electron chi connectivity index (χ0n) is 18.0. The Morgan fingerprint density at radius 1 is 0.886 bits per heavy atom. The summed E-state index contributed by atoms with van der Waals surface area (Å²) >= 11 is 13.7. The second-order valence-corrected chi connectivity index (χ2v) is 9.70. The van der Waals surface area contributed by atoms with Crippen LogP contribution in [-0.4, -0.2) is 45.4 Å². The van der Waals surface area contributed by atoms with E-state index in [1.807, 2.05) is 0 Å². The van der Waals surface area contributed by atoms with Gasteiger partial charge in [0.1, 0.15) is 11.6 Å². The standard InChI is InChI=1S/C25H21Cl2F3O4S/c26-15-9-18(23(13-1-5-16(28)6-2-13)14-3-7-17(29)8-4-14)25(19(27)10-15)35-12-21(32)24(30)20(31)11-22(33)34/h1-10,20-21,23-24,31-32H,11-12H2,(H,33,34)/t20-,21+,24+/m0/s1. The lowest BCUT2D eigenvalue weighted by molar-refractivity contribution is -0.141. The number of aliphatic hydroxyl groups excluding tert-OH is 2. The first kappa shape index (κ1) is 27.4. The minimum atomic E-state index is -2.20. The predicted octanol–water partition coefficient (Wildman–Crippen LogP) is 6.08. The van der Waals surface area contributed by atoms with Gasteiger partial charge in [0.2, 0.25) is 0 Å². The lowest BCUT2D eigenvalue weighted by Gasteiger charge is -2.24. The van der Waals surface area contributed by atoms with Gasteiger partial charge in [-0.2, -0.15) is 0 Å². The van der Waals surface area contributed by atoms with Gasteiger partial charge in [-0.05, 0) is 53.1 Å². The highest BCUT2D eigenvalue weighted by Crippen LogP contribution is 2.43. The molecule has 4 nitrogen and oxygen atoms in total. The molecule has 0 aliphatic carbocycles. The Morgan fingerprint density at radius 2 is 1.40 bits per heavy atom. The van der Waals surface area contributed by atoms with Gasteiger partial charge in [-0.1, -0.05) is 47.5 Å². The summed E-state index contributed by atoms with van der Waals surface area (Å²) in [6.07, 6.45) is -6.62. The smallest absolute Gasteiger partial charge is 0.306 e. The molecule has 3 atom stereocenters. The van der Waals surface area contributed by atoms with Gasteiger partial charge < -0.3 is 15.3 Å². The molecule has 0 saturated carbocycles. The minimum absolute atomic E-state index is 0.209. The Morgan fingerprint density at radius 3 is 1.89 bits per heavy atom. The number of carboxylic acid groups (broad SMARTS) is 1. The normalized spacial score (nSPS) is 14.1. The summed E-state index contributed by atoms with van der Waals surface area (Å²) in [4.78, 5) is 11.2. The second-order valence-electron chi connectivity index (χ2n) is 7.83. The average Bonchev–Trinajstić information content (AvgIpc) is 2.80. The quantitative estimate of drug-likeness (QED) is 0.213. The molecule has 186 valence electrons. The fourth-order valence-electron chi connectivity index (χ4n) is 3.62. The molecule has 0 aliphatic heterocycles. The number of aliphatic carboxylic acids is 1. The molecule has 35 heavy (non-hydrogen) atoms. The maximum Gasteiger partial charge on any atom is 0.306 e. The van der Waals surface area contributed by atoms with Gasteiger partial charge >= 0.3 is 5.97 Å². The summed E-state index contributed by atoms with van der Waals surface area (Å²) in [6.45, 7) is 0. The topological polar surface area (TPSA) is 77.8 Å². The van der Waals surface area contributed by atoms with Gasteiger partial charge in [0.05, 0.1) is 23.7 Å². The highest BCUT2D eigenvalue weighted by molar-refractivity contribution is 7.99. The number of carbonyl (C=O) groups is 1. The van der Waals surface area contributed by atoms with Crippen LogP contribution in [-0.2, 0) is 4.79 Å². The van der Waals surface area contributed by atoms with E-state index in [-0.39, 0.29) is 10.8 Å². The molecule has 0 aliphatic rings. The molecule has 0 fully saturated rings. The fourth-order valence-corrected chi connectivity index (χ4v) is 5.35. The Kier molecular flexibility index (Phi) is 9.49. The van der Waals surface area contributed by atoms with E-state index in [2.05, 4.69) is 0 Å². The molecule has 0 unspecified atom stereocenters. The number of thioether (sulfide) groups is 1. The molecule has 3 rings (SSSR count). The molecule has 0 saturated heterocycles. The van der Waals surface area contributed by atoms with Crippen LogP contribution in [0.4, 0.5) is 13.2 Å². The highest BCUT2D eigenvalue weighted by atomic mass is 35.5. The highest BCUT2D eigenvalue weighted by Gasteiger charge is 2.30. The maximum atomic E-state index is 14.4. The molecule has 0 bridgehead atoms. The molecule has 0 heterocycles. The number of rotatable bonds is 10. The first-order valence-corrected chi connectivity index (χ1v) is 12.2. The molecule has 0 amide bonds. The van der Waals surface area contributed by atoms with Crippen LogP contribution in [0.1, 0.15) is 29.0 Å². The summed E-state index contributed by atoms with van der Waals surface area (Å²) in [5.74, 6) is -3.11. The molecule has 3 aromatic carbocycles. The molecular formula is C25H21Cl2F3O4S. The summed E-state index contributed by atoms with van der Waals surface area (Å²) in [5, 5.41) is 29.2. The summed E-state index contributed by atoms with van der Waals surface area (Å²) in [6, 6.07) is 14.5. The SMILES string of the molecule is O=C(O)C[C@H](O)[C@@H](F)[C@H](O)CSc1c(Cl)cc(Cl)cc1C(c1ccc(F)cc1)c1ccc(F)cc1. The number of alkyl halides is 1. The van der Waals surface area contributed by atoms with Crippen molar-refractivity contribution < 1.29 is 33.3 Å². The zero-order chi connectivity index (χ0) is 25.7. The van der Waals surface area contributed by atoms with Crippen LogP contribution in [0.2, 0.25) is 10.0 Å². The third-order valence-electron chi connectivity index (χ3n) is 5.27. The van der Waals surface area contributed by atoms with Gasteiger partial charge in [-0.3, -0.25) is 4.79 Å². The number of carboxylic acids is 1. The second kappa shape index (κ2) is 12.1. The minimum Gasteiger partial charge on any atom is -0.481 e. The number of hydrogen-bond donors (Lipinski definition) is 3. The number of hydrogen-bond acceptors (Lipinski definition) is 4. The van der Waals surface area contributed by atoms with Crippen LogP contribution < -0.4 is 0 Å². The van der Waals surface area contributed by atoms with Gasteiger partial charge in [0.15, 0.2) is 6.17 Å². The number of benzene rings is 3. The number of aliphatic hydroxyl groups is 2. The van der Waals surface area contributed by atoms with Crippen LogP contribution in [0.5, 0.6) is 0 Å². The molecule has 0 spiro atoms. The van der Waals surface area contributed by atoms with E-state index in [4.69, 9.17) is 28.3 Å². The Labute approximate surface area is 214 Å². The van der Waals surface area contributed by atoms with Gasteiger partial charge in [-0.15, -0.1) is 11.8 Å². The lowest BCUT2D eigenvalue weighted by atomic mass is 9.85.